The molecular formula is C19H20ClN3O5S. The van der Waals surface area contributed by atoms with Gasteiger partial charge in [0.25, 0.3) is 10.0 Å². The Morgan fingerprint density at radius 2 is 1.90 bits per heavy atom. The van der Waals surface area contributed by atoms with Gasteiger partial charge in [-0.15, -0.1) is 4.40 Å². The summed E-state index contributed by atoms with van der Waals surface area (Å²) in [5.74, 6) is 0.899. The number of carbonyl (C=O) groups is 1. The largest absolute Gasteiger partial charge is 0.495 e. The predicted molar refractivity (Wildman–Crippen MR) is 112 cm³/mol. The number of carbonyl (C=O) groups excluding carboxylic acids is 1. The summed E-state index contributed by atoms with van der Waals surface area (Å²) in [5, 5.41) is 6.08. The number of hydrogen-bond acceptors (Lipinski definition) is 6. The maximum absolute atomic E-state index is 12.3. The first-order valence-corrected chi connectivity index (χ1v) is 10.6. The number of amides is 1. The average molecular weight is 438 g/mol. The Morgan fingerprint density at radius 1 is 1.17 bits per heavy atom. The molecule has 1 amide bonds. The molecule has 154 valence electrons. The highest BCUT2D eigenvalue weighted by Crippen LogP contribution is 2.36. The van der Waals surface area contributed by atoms with Crippen LogP contribution in [0.3, 0.4) is 0 Å². The molecule has 0 saturated carbocycles. The molecular weight excluding hydrogens is 418 g/mol. The number of methoxy groups -OCH3 is 2. The molecule has 29 heavy (non-hydrogen) atoms. The predicted octanol–water partition coefficient (Wildman–Crippen LogP) is 3.68. The number of benzene rings is 2. The van der Waals surface area contributed by atoms with Crippen LogP contribution in [0.4, 0.5) is 11.4 Å². The van der Waals surface area contributed by atoms with E-state index in [9.17, 15) is 13.2 Å². The molecule has 0 aliphatic carbocycles. The first-order chi connectivity index (χ1) is 13.8. The molecule has 2 N–H and O–H groups in total. The molecule has 0 atom stereocenters. The SMILES string of the molecule is COc1cc(OC)c(NC(=O)CCCC2=NS(=O)(=O)c3ccccc3N2)cc1Cl. The highest BCUT2D eigenvalue weighted by Gasteiger charge is 2.24. The Kier molecular flexibility index (Phi) is 6.29. The molecule has 2 aromatic carbocycles. The molecule has 0 aromatic heterocycles. The molecule has 0 bridgehead atoms. The van der Waals surface area contributed by atoms with Crippen molar-refractivity contribution in [2.75, 3.05) is 24.9 Å². The second-order valence-electron chi connectivity index (χ2n) is 6.22. The van der Waals surface area contributed by atoms with E-state index in [4.69, 9.17) is 21.1 Å². The molecule has 3 rings (SSSR count). The number of nitrogens with one attached hydrogen (secondary N) is 2. The van der Waals surface area contributed by atoms with E-state index in [1.54, 1.807) is 30.3 Å². The Balaban J connectivity index is 1.60. The summed E-state index contributed by atoms with van der Waals surface area (Å²) < 4.78 is 38.6. The van der Waals surface area contributed by atoms with Crippen molar-refractivity contribution in [1.29, 1.82) is 0 Å². The van der Waals surface area contributed by atoms with Crippen molar-refractivity contribution in [3.63, 3.8) is 0 Å². The highest BCUT2D eigenvalue weighted by atomic mass is 35.5. The molecule has 10 heteroatoms. The second kappa shape index (κ2) is 8.71. The first kappa shape index (κ1) is 20.9. The lowest BCUT2D eigenvalue weighted by atomic mass is 10.2. The minimum atomic E-state index is -3.73. The quantitative estimate of drug-likeness (QED) is 0.684. The highest BCUT2D eigenvalue weighted by molar-refractivity contribution is 7.90. The molecule has 0 unspecified atom stereocenters. The molecule has 0 radical (unpaired) electrons. The number of nitrogens with zero attached hydrogens (tertiary/aromatic N) is 1. The van der Waals surface area contributed by atoms with E-state index in [1.807, 2.05) is 0 Å². The third-order valence-electron chi connectivity index (χ3n) is 4.24. The van der Waals surface area contributed by atoms with Gasteiger partial charge >= 0.3 is 0 Å². The second-order valence-corrected chi connectivity index (χ2v) is 8.20. The van der Waals surface area contributed by atoms with Gasteiger partial charge in [-0.05, 0) is 24.6 Å². The van der Waals surface area contributed by atoms with Gasteiger partial charge in [0.05, 0.1) is 30.6 Å². The van der Waals surface area contributed by atoms with E-state index in [0.29, 0.717) is 46.6 Å². The van der Waals surface area contributed by atoms with E-state index >= 15 is 0 Å². The fourth-order valence-corrected chi connectivity index (χ4v) is 4.28. The van der Waals surface area contributed by atoms with Gasteiger partial charge in [0.1, 0.15) is 22.2 Å². The van der Waals surface area contributed by atoms with Gasteiger partial charge in [0.15, 0.2) is 0 Å². The maximum atomic E-state index is 12.3. The smallest absolute Gasteiger partial charge is 0.286 e. The molecule has 8 nitrogen and oxygen atoms in total. The summed E-state index contributed by atoms with van der Waals surface area (Å²) in [6, 6.07) is 9.69. The van der Waals surface area contributed by atoms with Crippen molar-refractivity contribution in [1.82, 2.24) is 0 Å². The normalized spacial score (nSPS) is 14.2. The van der Waals surface area contributed by atoms with E-state index in [-0.39, 0.29) is 17.2 Å². The van der Waals surface area contributed by atoms with Crippen molar-refractivity contribution in [3.05, 3.63) is 41.4 Å². The summed E-state index contributed by atoms with van der Waals surface area (Å²) in [7, 11) is -0.768. The number of anilines is 2. The van der Waals surface area contributed by atoms with Crippen molar-refractivity contribution in [3.8, 4) is 11.5 Å². The zero-order chi connectivity index (χ0) is 21.0. The summed E-state index contributed by atoms with van der Waals surface area (Å²) >= 11 is 6.10. The summed E-state index contributed by atoms with van der Waals surface area (Å²) in [6.07, 6.45) is 0.873. The molecule has 1 aliphatic rings. The van der Waals surface area contributed by atoms with Crippen molar-refractivity contribution in [2.24, 2.45) is 4.40 Å². The fraction of sp³-hybridized carbons (Fsp3) is 0.263. The number of rotatable bonds is 7. The zero-order valence-electron chi connectivity index (χ0n) is 15.9. The molecule has 1 heterocycles. The van der Waals surface area contributed by atoms with Crippen LogP contribution in [-0.2, 0) is 14.8 Å². The molecule has 1 aliphatic heterocycles. The Hall–Kier alpha value is -2.78. The van der Waals surface area contributed by atoms with Gasteiger partial charge in [-0.25, -0.2) is 0 Å². The fourth-order valence-electron chi connectivity index (χ4n) is 2.86. The van der Waals surface area contributed by atoms with Gasteiger partial charge in [0, 0.05) is 18.9 Å². The standard InChI is InChI=1S/C19H20ClN3O5S/c1-27-15-11-16(28-2)14(10-12(15)20)22-19(24)9-5-8-18-21-13-6-3-4-7-17(13)29(25,26)23-18/h3-4,6-7,10-11H,5,8-9H2,1-2H3,(H,21,23)(H,22,24). The van der Waals surface area contributed by atoms with Crippen molar-refractivity contribution >= 4 is 44.7 Å². The zero-order valence-corrected chi connectivity index (χ0v) is 17.4. The van der Waals surface area contributed by atoms with E-state index in [0.717, 1.165) is 0 Å². The Labute approximate surface area is 173 Å². The van der Waals surface area contributed by atoms with Gasteiger partial charge < -0.3 is 20.1 Å². The van der Waals surface area contributed by atoms with Crippen LogP contribution in [-0.4, -0.2) is 34.4 Å². The molecule has 0 fully saturated rings. The lowest BCUT2D eigenvalue weighted by Gasteiger charge is -2.18. The summed E-state index contributed by atoms with van der Waals surface area (Å²) in [4.78, 5) is 12.4. The topological polar surface area (TPSA) is 106 Å². The van der Waals surface area contributed by atoms with E-state index in [1.165, 1.54) is 20.3 Å². The van der Waals surface area contributed by atoms with Crippen LogP contribution in [0.2, 0.25) is 5.02 Å². The van der Waals surface area contributed by atoms with Crippen LogP contribution in [0.15, 0.2) is 45.7 Å². The monoisotopic (exact) mass is 437 g/mol. The van der Waals surface area contributed by atoms with Gasteiger partial charge in [-0.1, -0.05) is 23.7 Å². The lowest BCUT2D eigenvalue weighted by molar-refractivity contribution is -0.116. The van der Waals surface area contributed by atoms with Crippen LogP contribution in [0.25, 0.3) is 0 Å². The third-order valence-corrected chi connectivity index (χ3v) is 5.91. The minimum Gasteiger partial charge on any atom is -0.495 e. The molecule has 0 spiro atoms. The van der Waals surface area contributed by atoms with Gasteiger partial charge in [-0.3, -0.25) is 4.79 Å². The maximum Gasteiger partial charge on any atom is 0.286 e. The van der Waals surface area contributed by atoms with Crippen molar-refractivity contribution in [2.45, 2.75) is 24.2 Å². The summed E-state index contributed by atoms with van der Waals surface area (Å²) in [6.45, 7) is 0. The Bertz CT molecular complexity index is 1070. The number of halogens is 1. The number of sulfonamides is 1. The molecule has 0 saturated heterocycles. The van der Waals surface area contributed by atoms with Crippen LogP contribution in [0.5, 0.6) is 11.5 Å². The van der Waals surface area contributed by atoms with Crippen LogP contribution < -0.4 is 20.1 Å². The van der Waals surface area contributed by atoms with Gasteiger partial charge in [0.2, 0.25) is 5.91 Å². The number of para-hydroxylation sites is 1. The average Bonchev–Trinajstić information content (AvgIpc) is 2.68. The van der Waals surface area contributed by atoms with Crippen molar-refractivity contribution < 1.29 is 22.7 Å². The molecule has 2 aromatic rings. The lowest BCUT2D eigenvalue weighted by Crippen LogP contribution is -2.22. The summed E-state index contributed by atoms with van der Waals surface area (Å²) in [5.41, 5.74) is 0.910. The Morgan fingerprint density at radius 3 is 2.62 bits per heavy atom. The van der Waals surface area contributed by atoms with E-state index < -0.39 is 10.0 Å². The number of hydrogen-bond donors (Lipinski definition) is 2. The minimum absolute atomic E-state index is 0.143. The number of amidine groups is 1. The van der Waals surface area contributed by atoms with Crippen LogP contribution in [0, 0.1) is 0 Å². The van der Waals surface area contributed by atoms with E-state index in [2.05, 4.69) is 15.0 Å². The van der Waals surface area contributed by atoms with Crippen LogP contribution in [0.1, 0.15) is 19.3 Å². The number of ether oxygens (including phenoxy) is 2. The first-order valence-electron chi connectivity index (χ1n) is 8.75. The number of fused-ring (bicyclic) bond motifs is 1. The van der Waals surface area contributed by atoms with Gasteiger partial charge in [-0.2, -0.15) is 8.42 Å². The van der Waals surface area contributed by atoms with Crippen LogP contribution >= 0.6 is 11.6 Å². The third kappa shape index (κ3) is 4.80.